The number of quaternary nitrogens is 1. The Labute approximate surface area is 164 Å². The monoisotopic (exact) mass is 393 g/mol. The third-order valence-electron chi connectivity index (χ3n) is 5.74. The normalized spacial score (nSPS) is 11.9. The average molecular weight is 394 g/mol. The van der Waals surface area contributed by atoms with Crippen LogP contribution in [0, 0.1) is 5.41 Å². The number of hydrogen-bond donors (Lipinski definition) is 1. The van der Waals surface area contributed by atoms with Gasteiger partial charge < -0.3 is 10.3 Å². The fourth-order valence-corrected chi connectivity index (χ4v) is 3.97. The van der Waals surface area contributed by atoms with E-state index >= 15 is 0 Å². The van der Waals surface area contributed by atoms with Gasteiger partial charge in [-0.05, 0) is 24.7 Å². The maximum absolute atomic E-state index is 10.5. The van der Waals surface area contributed by atoms with Crippen LogP contribution >= 0.6 is 0 Å². The lowest BCUT2D eigenvalue weighted by Gasteiger charge is -2.30. The Morgan fingerprint density at radius 3 is 1.42 bits per heavy atom. The summed E-state index contributed by atoms with van der Waals surface area (Å²) in [7, 11) is -4.04. The van der Waals surface area contributed by atoms with Gasteiger partial charge in [-0.15, -0.1) is 0 Å². The van der Waals surface area contributed by atoms with E-state index in [1.807, 2.05) is 20.8 Å². The van der Waals surface area contributed by atoms with Gasteiger partial charge in [0.15, 0.2) is 0 Å². The molecule has 0 atom stereocenters. The topological polar surface area (TPSA) is 84.8 Å². The van der Waals surface area contributed by atoms with Crippen molar-refractivity contribution in [3.05, 3.63) is 0 Å². The van der Waals surface area contributed by atoms with E-state index in [1.165, 1.54) is 64.2 Å². The van der Waals surface area contributed by atoms with Crippen molar-refractivity contribution in [1.82, 2.24) is 0 Å². The number of hydrogen-bond acceptors (Lipinski definition) is 3. The molecule has 0 rings (SSSR count). The molecular weight excluding hydrogens is 346 g/mol. The lowest BCUT2D eigenvalue weighted by Crippen LogP contribution is -2.50. The van der Waals surface area contributed by atoms with Crippen LogP contribution in [0.3, 0.4) is 0 Å². The molecule has 0 heterocycles. The van der Waals surface area contributed by atoms with Crippen molar-refractivity contribution >= 4 is 10.1 Å². The standard InChI is InChI=1S/C12H27N.C9H20O3S/c1-2-3-4-5-6-7-8-9-10-11-12-13;1-4-9(5-2,6-3)7-8-13(10,11)12/h2-13H2,1H3;4-8H2,1-3H3,(H,10,11,12). The highest BCUT2D eigenvalue weighted by atomic mass is 32.2. The molecule has 160 valence electrons. The minimum Gasteiger partial charge on any atom is -0.748 e. The third kappa shape index (κ3) is 18.7. The Morgan fingerprint density at radius 2 is 1.12 bits per heavy atom. The molecule has 0 fully saturated rings. The second kappa shape index (κ2) is 18.2. The van der Waals surface area contributed by atoms with Gasteiger partial charge in [0.2, 0.25) is 0 Å². The van der Waals surface area contributed by atoms with Gasteiger partial charge in [0.25, 0.3) is 0 Å². The Kier molecular flexibility index (Phi) is 19.7. The molecule has 3 N–H and O–H groups in total. The SMILES string of the molecule is CCC(CC)(CC)CCS(=O)(=O)[O-].CCCCCCCCCCCC[NH3+]. The lowest BCUT2D eigenvalue weighted by atomic mass is 9.78. The third-order valence-corrected chi connectivity index (χ3v) is 6.44. The van der Waals surface area contributed by atoms with Crippen molar-refractivity contribution in [3.8, 4) is 0 Å². The molecule has 0 aliphatic heterocycles. The Hall–Kier alpha value is -0.130. The summed E-state index contributed by atoms with van der Waals surface area (Å²) in [6, 6.07) is 0. The van der Waals surface area contributed by atoms with Crippen molar-refractivity contribution in [2.45, 2.75) is 118 Å². The first-order valence-corrected chi connectivity index (χ1v) is 12.6. The molecule has 0 aromatic rings. The van der Waals surface area contributed by atoms with Gasteiger partial charge >= 0.3 is 0 Å². The molecule has 0 unspecified atom stereocenters. The molecule has 4 nitrogen and oxygen atoms in total. The highest BCUT2D eigenvalue weighted by molar-refractivity contribution is 7.85. The van der Waals surface area contributed by atoms with Crippen LogP contribution in [0.4, 0.5) is 0 Å². The van der Waals surface area contributed by atoms with Crippen LogP contribution in [0.1, 0.15) is 118 Å². The maximum Gasteiger partial charge on any atom is 0.0946 e. The van der Waals surface area contributed by atoms with Crippen LogP contribution in [-0.2, 0) is 10.1 Å². The van der Waals surface area contributed by atoms with Gasteiger partial charge in [-0.3, -0.25) is 0 Å². The molecule has 0 aromatic heterocycles. The molecule has 0 spiro atoms. The van der Waals surface area contributed by atoms with Crippen molar-refractivity contribution < 1.29 is 18.7 Å². The second-order valence-corrected chi connectivity index (χ2v) is 9.13. The summed E-state index contributed by atoms with van der Waals surface area (Å²) in [6.45, 7) is 9.54. The molecular formula is C21H47NO3S. The van der Waals surface area contributed by atoms with Crippen molar-refractivity contribution in [1.29, 1.82) is 0 Å². The van der Waals surface area contributed by atoms with Crippen LogP contribution in [0.5, 0.6) is 0 Å². The van der Waals surface area contributed by atoms with Crippen LogP contribution in [0.15, 0.2) is 0 Å². The molecule has 0 aliphatic carbocycles. The van der Waals surface area contributed by atoms with Crippen LogP contribution in [0.25, 0.3) is 0 Å². The molecule has 0 amide bonds. The largest absolute Gasteiger partial charge is 0.748 e. The fourth-order valence-electron chi connectivity index (χ4n) is 3.29. The Bertz CT molecular complexity index is 360. The first-order valence-electron chi connectivity index (χ1n) is 11.0. The molecule has 0 radical (unpaired) electrons. The van der Waals surface area contributed by atoms with E-state index in [2.05, 4.69) is 12.7 Å². The molecule has 0 aromatic carbocycles. The second-order valence-electron chi connectivity index (χ2n) is 7.61. The van der Waals surface area contributed by atoms with Gasteiger partial charge in [0.05, 0.1) is 16.7 Å². The summed E-state index contributed by atoms with van der Waals surface area (Å²) in [4.78, 5) is 0. The zero-order chi connectivity index (χ0) is 20.3. The first kappa shape index (κ1) is 28.1. The molecule has 0 saturated heterocycles. The van der Waals surface area contributed by atoms with Gasteiger partial charge in [-0.25, -0.2) is 8.42 Å². The van der Waals surface area contributed by atoms with Crippen molar-refractivity contribution in [2.24, 2.45) is 5.41 Å². The maximum atomic E-state index is 10.5. The molecule has 0 saturated carbocycles. The number of rotatable bonds is 16. The zero-order valence-corrected chi connectivity index (χ0v) is 19.0. The number of unbranched alkanes of at least 4 members (excludes halogenated alkanes) is 9. The van der Waals surface area contributed by atoms with Crippen molar-refractivity contribution in [3.63, 3.8) is 0 Å². The van der Waals surface area contributed by atoms with Gasteiger partial charge in [-0.2, -0.15) is 0 Å². The highest BCUT2D eigenvalue weighted by Crippen LogP contribution is 2.34. The summed E-state index contributed by atoms with van der Waals surface area (Å²) >= 11 is 0. The summed E-state index contributed by atoms with van der Waals surface area (Å²) in [5.74, 6) is -0.220. The average Bonchev–Trinajstić information content (AvgIpc) is 2.62. The lowest BCUT2D eigenvalue weighted by molar-refractivity contribution is -0.368. The van der Waals surface area contributed by atoms with Crippen LogP contribution in [0.2, 0.25) is 0 Å². The zero-order valence-electron chi connectivity index (χ0n) is 18.2. The van der Waals surface area contributed by atoms with E-state index in [0.29, 0.717) is 6.42 Å². The van der Waals surface area contributed by atoms with Gasteiger partial charge in [0.1, 0.15) is 0 Å². The van der Waals surface area contributed by atoms with Crippen LogP contribution < -0.4 is 5.73 Å². The van der Waals surface area contributed by atoms with Crippen molar-refractivity contribution in [2.75, 3.05) is 12.3 Å². The molecule has 26 heavy (non-hydrogen) atoms. The highest BCUT2D eigenvalue weighted by Gasteiger charge is 2.24. The van der Waals surface area contributed by atoms with E-state index in [1.54, 1.807) is 0 Å². The minimum absolute atomic E-state index is 0.0531. The summed E-state index contributed by atoms with van der Waals surface area (Å²) in [5.41, 5.74) is 3.91. The van der Waals surface area contributed by atoms with E-state index in [4.69, 9.17) is 0 Å². The Balaban J connectivity index is 0. The van der Waals surface area contributed by atoms with E-state index < -0.39 is 10.1 Å². The van der Waals surface area contributed by atoms with Gasteiger partial charge in [-0.1, -0.05) is 98.3 Å². The predicted octanol–water partition coefficient (Wildman–Crippen LogP) is 5.29. The summed E-state index contributed by atoms with van der Waals surface area (Å²) in [6.07, 6.45) is 17.6. The van der Waals surface area contributed by atoms with E-state index in [-0.39, 0.29) is 11.2 Å². The van der Waals surface area contributed by atoms with E-state index in [0.717, 1.165) is 25.8 Å². The Morgan fingerprint density at radius 1 is 0.731 bits per heavy atom. The first-order chi connectivity index (χ1) is 12.3. The minimum atomic E-state index is -4.04. The van der Waals surface area contributed by atoms with Crippen LogP contribution in [-0.4, -0.2) is 25.3 Å². The smallest absolute Gasteiger partial charge is 0.0946 e. The van der Waals surface area contributed by atoms with Gasteiger partial charge in [0, 0.05) is 5.75 Å². The van der Waals surface area contributed by atoms with E-state index in [9.17, 15) is 13.0 Å². The quantitative estimate of drug-likeness (QED) is 0.286. The molecule has 0 bridgehead atoms. The predicted molar refractivity (Wildman–Crippen MR) is 112 cm³/mol. The summed E-state index contributed by atoms with van der Waals surface area (Å²) < 4.78 is 31.4. The molecule has 5 heteroatoms. The summed E-state index contributed by atoms with van der Waals surface area (Å²) in [5, 5.41) is 0. The molecule has 0 aliphatic rings. The fraction of sp³-hybridized carbons (Fsp3) is 1.00.